The third-order valence-corrected chi connectivity index (χ3v) is 0. The van der Waals surface area contributed by atoms with E-state index in [0.717, 1.165) is 21.0 Å². The fourth-order valence-electron chi connectivity index (χ4n) is 0. The van der Waals surface area contributed by atoms with Gasteiger partial charge < -0.3 is 14.3 Å². The maximum Gasteiger partial charge on any atom is 0.129 e. The summed E-state index contributed by atoms with van der Waals surface area (Å²) in [4.78, 5) is 8.56. The molecule has 0 unspecified atom stereocenters. The predicted molar refractivity (Wildman–Crippen MR) is 38.8 cm³/mol. The van der Waals surface area contributed by atoms with Crippen LogP contribution in [0.15, 0.2) is 0 Å². The molecule has 2 N–H and O–H groups in total. The molecule has 0 aliphatic heterocycles. The first-order valence-electron chi connectivity index (χ1n) is 1.47. The summed E-state index contributed by atoms with van der Waals surface area (Å²) in [6.07, 6.45) is -1.83. The van der Waals surface area contributed by atoms with Crippen LogP contribution in [0.25, 0.3) is 0 Å². The number of hydrogen-bond donors (Lipinski definition) is 2. The zero-order valence-corrected chi connectivity index (χ0v) is 8.21. The van der Waals surface area contributed by atoms with E-state index in [1.54, 1.807) is 0 Å². The number of hydrogen-bond acceptors (Lipinski definition) is 2. The number of carboxylic acid groups (broad SMARTS) is 2. The fraction of sp³-hybridized carbons (Fsp3) is 0. The summed E-state index contributed by atoms with van der Waals surface area (Å²) in [6.45, 7) is 0. The zero-order valence-electron chi connectivity index (χ0n) is 4.21. The molecular weight excluding hydrogens is 265 g/mol. The van der Waals surface area contributed by atoms with E-state index in [0.29, 0.717) is 0 Å². The Morgan fingerprint density at radius 1 is 1.38 bits per heavy atom. The van der Waals surface area contributed by atoms with Gasteiger partial charge in [0.15, 0.2) is 0 Å². The quantitative estimate of drug-likeness (QED) is 0.466. The van der Waals surface area contributed by atoms with E-state index in [4.69, 9.17) is 15.0 Å². The van der Waals surface area contributed by atoms with E-state index in [-0.39, 0.29) is 68.9 Å². The Morgan fingerprint density at radius 2 is 1.38 bits per heavy atom. The van der Waals surface area contributed by atoms with Gasteiger partial charge in [0.2, 0.25) is 0 Å². The molecule has 0 heterocycles. The monoisotopic (exact) mass is 274 g/mol. The van der Waals surface area contributed by atoms with Gasteiger partial charge in [0.1, 0.15) is 21.0 Å². The molecule has 8 heavy (non-hydrogen) atoms. The van der Waals surface area contributed by atoms with Crippen LogP contribution in [-0.4, -0.2) is 106 Å². The summed E-state index contributed by atoms with van der Waals surface area (Å²) in [5.74, 6) is 0. The summed E-state index contributed by atoms with van der Waals surface area (Å²) in [7, 11) is 1.86. The van der Waals surface area contributed by atoms with Crippen molar-refractivity contribution in [3.63, 3.8) is 0 Å². The second-order valence-electron chi connectivity index (χ2n) is 0.691. The van der Waals surface area contributed by atoms with Gasteiger partial charge in [0.25, 0.3) is 0 Å². The molecule has 0 aromatic carbocycles. The van der Waals surface area contributed by atoms with E-state index < -0.39 is 6.16 Å². The molecule has 0 fully saturated rings. The van der Waals surface area contributed by atoms with Crippen LogP contribution in [-0.2, 0) is 4.12 Å². The molecule has 7 heteroatoms. The van der Waals surface area contributed by atoms with Gasteiger partial charge in [-0.3, -0.25) is 0 Å². The minimum absolute atomic E-state index is 0. The van der Waals surface area contributed by atoms with Gasteiger partial charge in [0, 0.05) is 0 Å². The molecule has 0 aromatic heterocycles. The van der Waals surface area contributed by atoms with Crippen molar-refractivity contribution in [2.45, 2.75) is 0 Å². The summed E-state index contributed by atoms with van der Waals surface area (Å²) in [5, 5.41) is 13.9. The summed E-state index contributed by atoms with van der Waals surface area (Å²) < 4.78 is 4.53. The van der Waals surface area contributed by atoms with Crippen LogP contribution in [0.4, 0.5) is 4.79 Å². The molecular formula is CH9CsO4Si2. The third kappa shape index (κ3) is 118. The average molecular weight is 274 g/mol. The summed E-state index contributed by atoms with van der Waals surface area (Å²) in [5.41, 5.74) is 0. The molecule has 0 aromatic rings. The predicted octanol–water partition coefficient (Wildman–Crippen LogP) is -2.86. The molecule has 0 aliphatic rings. The molecule has 0 saturated carbocycles. The molecule has 0 rings (SSSR count). The Bertz CT molecular complexity index is 45.3. The summed E-state index contributed by atoms with van der Waals surface area (Å²) >= 11 is 0. The first kappa shape index (κ1) is 16.4. The Balaban J connectivity index is -0.0000000575. The molecule has 0 atom stereocenters. The first-order valence-corrected chi connectivity index (χ1v) is 3.10. The molecule has 0 spiro atoms. The molecule has 46 valence electrons. The Hall–Kier alpha value is 1.72. The maximum atomic E-state index is 8.56. The van der Waals surface area contributed by atoms with E-state index >= 15 is 0 Å². The Morgan fingerprint density at radius 3 is 1.38 bits per heavy atom. The molecule has 4 nitrogen and oxygen atoms in total. The second-order valence-corrected chi connectivity index (χ2v) is 3.96. The second kappa shape index (κ2) is 15.9. The van der Waals surface area contributed by atoms with Gasteiger partial charge in [-0.15, -0.1) is 0 Å². The smallest absolute Gasteiger partial charge is 0.129 e. The standard InChI is InChI=1S/CH2O3.Cs.H6OSi2.H/c2-1(3)4;;2-1-3;/h(H2,2,3,4);;2-3H3;. The van der Waals surface area contributed by atoms with Gasteiger partial charge in [-0.25, -0.2) is 4.79 Å². The number of carbonyl (C=O) groups is 1. The molecule has 0 radical (unpaired) electrons. The maximum absolute atomic E-state index is 8.56. The molecule has 0 bridgehead atoms. The zero-order chi connectivity index (χ0) is 6.28. The van der Waals surface area contributed by atoms with Crippen molar-refractivity contribution in [1.29, 1.82) is 0 Å². The van der Waals surface area contributed by atoms with Gasteiger partial charge >= 0.3 is 75.0 Å². The normalized spacial score (nSPS) is 6.00. The Kier molecular flexibility index (Phi) is 32.5. The first-order chi connectivity index (χ1) is 3.15. The van der Waals surface area contributed by atoms with Gasteiger partial charge in [-0.05, 0) is 0 Å². The van der Waals surface area contributed by atoms with Crippen molar-refractivity contribution in [2.24, 2.45) is 0 Å². The van der Waals surface area contributed by atoms with Crippen LogP contribution >= 0.6 is 0 Å². The van der Waals surface area contributed by atoms with Gasteiger partial charge in [-0.1, -0.05) is 0 Å². The van der Waals surface area contributed by atoms with Crippen LogP contribution in [0, 0.1) is 0 Å². The van der Waals surface area contributed by atoms with Crippen LogP contribution in [0.1, 0.15) is 0 Å². The van der Waals surface area contributed by atoms with Crippen LogP contribution < -0.4 is 0 Å². The van der Waals surface area contributed by atoms with E-state index in [1.165, 1.54) is 0 Å². The minimum Gasteiger partial charge on any atom is -0.471 e. The van der Waals surface area contributed by atoms with Gasteiger partial charge in [0.05, 0.1) is 0 Å². The molecule has 0 aliphatic carbocycles. The van der Waals surface area contributed by atoms with Crippen molar-refractivity contribution in [3.05, 3.63) is 0 Å². The van der Waals surface area contributed by atoms with Crippen molar-refractivity contribution >= 4 is 96.0 Å². The summed E-state index contributed by atoms with van der Waals surface area (Å²) in [6, 6.07) is 0. The fourth-order valence-corrected chi connectivity index (χ4v) is 0. The van der Waals surface area contributed by atoms with Gasteiger partial charge in [-0.2, -0.15) is 0 Å². The molecule has 0 saturated heterocycles. The van der Waals surface area contributed by atoms with E-state index in [1.807, 2.05) is 0 Å². The topological polar surface area (TPSA) is 66.8 Å². The average Bonchev–Trinajstić information content (AvgIpc) is 1.33. The number of rotatable bonds is 0. The van der Waals surface area contributed by atoms with Crippen LogP contribution in [0.2, 0.25) is 0 Å². The largest absolute Gasteiger partial charge is 0.471 e. The molecule has 0 amide bonds. The van der Waals surface area contributed by atoms with Crippen molar-refractivity contribution in [2.75, 3.05) is 0 Å². The van der Waals surface area contributed by atoms with Crippen LogP contribution in [0.5, 0.6) is 0 Å². The SMILES string of the molecule is O=C(O)O.[CsH].[SiH3]O[SiH3]. The van der Waals surface area contributed by atoms with E-state index in [2.05, 4.69) is 4.12 Å². The third-order valence-electron chi connectivity index (χ3n) is 0. The van der Waals surface area contributed by atoms with Crippen molar-refractivity contribution in [1.82, 2.24) is 0 Å². The minimum atomic E-state index is -1.83. The van der Waals surface area contributed by atoms with E-state index in [9.17, 15) is 0 Å². The van der Waals surface area contributed by atoms with Crippen LogP contribution in [0.3, 0.4) is 0 Å². The van der Waals surface area contributed by atoms with Crippen molar-refractivity contribution < 1.29 is 19.1 Å². The van der Waals surface area contributed by atoms with Crippen molar-refractivity contribution in [3.8, 4) is 0 Å². The Labute approximate surface area is 113 Å².